The standard InChI is InChI=1S/C36H52O4/c1-23(2)11-10-12-24(3)29-15-16-30-33-31(18-20-36(29,30)6)35(5)19-17-28(39-25(4)37)21-27(35)22-32(33)40-34(38)26-13-8-7-9-14-26/h7-9,13-14,22-24,28-33H,10-12,15-21H2,1-6H3/t24-,28+,29-,30+,31+,32-,33+,35+,36-/m1/s1. The summed E-state index contributed by atoms with van der Waals surface area (Å²) in [6.45, 7) is 13.7. The van der Waals surface area contributed by atoms with Crippen molar-refractivity contribution in [1.29, 1.82) is 0 Å². The van der Waals surface area contributed by atoms with Crippen molar-refractivity contribution in [2.75, 3.05) is 0 Å². The van der Waals surface area contributed by atoms with E-state index in [1.165, 1.54) is 57.4 Å². The average Bonchev–Trinajstić information content (AvgIpc) is 3.26. The van der Waals surface area contributed by atoms with E-state index in [0.29, 0.717) is 28.7 Å². The molecule has 0 unspecified atom stereocenters. The molecular weight excluding hydrogens is 496 g/mol. The summed E-state index contributed by atoms with van der Waals surface area (Å²) < 4.78 is 12.2. The van der Waals surface area contributed by atoms with Crippen LogP contribution in [0.15, 0.2) is 42.0 Å². The largest absolute Gasteiger partial charge is 0.462 e. The second kappa shape index (κ2) is 11.6. The van der Waals surface area contributed by atoms with Crippen LogP contribution in [0, 0.1) is 46.3 Å². The predicted octanol–water partition coefficient (Wildman–Crippen LogP) is 8.80. The topological polar surface area (TPSA) is 52.6 Å². The van der Waals surface area contributed by atoms with Gasteiger partial charge < -0.3 is 9.47 Å². The molecule has 5 rings (SSSR count). The molecule has 3 fully saturated rings. The van der Waals surface area contributed by atoms with Crippen LogP contribution in [0.25, 0.3) is 0 Å². The van der Waals surface area contributed by atoms with E-state index in [-0.39, 0.29) is 29.6 Å². The highest BCUT2D eigenvalue weighted by molar-refractivity contribution is 5.89. The minimum Gasteiger partial charge on any atom is -0.462 e. The molecule has 0 radical (unpaired) electrons. The molecule has 220 valence electrons. The summed E-state index contributed by atoms with van der Waals surface area (Å²) in [4.78, 5) is 25.2. The van der Waals surface area contributed by atoms with Gasteiger partial charge in [0.2, 0.25) is 0 Å². The molecule has 1 aromatic carbocycles. The summed E-state index contributed by atoms with van der Waals surface area (Å²) in [5.41, 5.74) is 2.34. The summed E-state index contributed by atoms with van der Waals surface area (Å²) in [6.07, 6.45) is 13.7. The Kier molecular flexibility index (Phi) is 8.56. The van der Waals surface area contributed by atoms with E-state index < -0.39 is 0 Å². The van der Waals surface area contributed by atoms with E-state index in [1.54, 1.807) is 0 Å². The molecule has 0 aliphatic heterocycles. The average molecular weight is 549 g/mol. The van der Waals surface area contributed by atoms with Crippen LogP contribution in [0.2, 0.25) is 0 Å². The van der Waals surface area contributed by atoms with Gasteiger partial charge in [0.25, 0.3) is 0 Å². The quantitative estimate of drug-likeness (QED) is 0.241. The monoisotopic (exact) mass is 548 g/mol. The molecule has 4 nitrogen and oxygen atoms in total. The molecule has 4 aliphatic rings. The highest BCUT2D eigenvalue weighted by Gasteiger charge is 2.62. The lowest BCUT2D eigenvalue weighted by Crippen LogP contribution is -2.55. The Hall–Kier alpha value is -2.10. The van der Waals surface area contributed by atoms with Crippen molar-refractivity contribution < 1.29 is 19.1 Å². The van der Waals surface area contributed by atoms with E-state index in [4.69, 9.17) is 9.47 Å². The van der Waals surface area contributed by atoms with Gasteiger partial charge in [0.15, 0.2) is 0 Å². The summed E-state index contributed by atoms with van der Waals surface area (Å²) in [7, 11) is 0. The van der Waals surface area contributed by atoms with Gasteiger partial charge in [-0.1, -0.05) is 77.7 Å². The molecule has 0 N–H and O–H groups in total. The number of fused-ring (bicyclic) bond motifs is 5. The number of hydrogen-bond donors (Lipinski definition) is 0. The molecule has 0 saturated heterocycles. The number of ether oxygens (including phenoxy) is 2. The molecule has 0 amide bonds. The van der Waals surface area contributed by atoms with Crippen molar-refractivity contribution in [2.45, 2.75) is 118 Å². The molecular formula is C36H52O4. The van der Waals surface area contributed by atoms with Crippen molar-refractivity contribution in [3.05, 3.63) is 47.5 Å². The molecule has 0 spiro atoms. The summed E-state index contributed by atoms with van der Waals surface area (Å²) in [5, 5.41) is 0. The second-order valence-corrected chi connectivity index (χ2v) is 14.6. The minimum absolute atomic E-state index is 0.0738. The van der Waals surface area contributed by atoms with Crippen molar-refractivity contribution in [2.24, 2.45) is 46.3 Å². The Morgan fingerprint density at radius 3 is 2.38 bits per heavy atom. The van der Waals surface area contributed by atoms with E-state index >= 15 is 0 Å². The van der Waals surface area contributed by atoms with Crippen LogP contribution in [0.1, 0.15) is 116 Å². The van der Waals surface area contributed by atoms with Gasteiger partial charge in [-0.3, -0.25) is 4.79 Å². The molecule has 3 saturated carbocycles. The van der Waals surface area contributed by atoms with Crippen LogP contribution in [0.4, 0.5) is 0 Å². The Morgan fingerprint density at radius 1 is 0.925 bits per heavy atom. The molecule has 40 heavy (non-hydrogen) atoms. The Bertz CT molecular complexity index is 1090. The Labute approximate surface area is 242 Å². The third-order valence-electron chi connectivity index (χ3n) is 11.8. The zero-order chi connectivity index (χ0) is 28.7. The van der Waals surface area contributed by atoms with E-state index in [2.05, 4.69) is 40.7 Å². The van der Waals surface area contributed by atoms with Crippen LogP contribution in [-0.4, -0.2) is 24.1 Å². The highest BCUT2D eigenvalue weighted by Crippen LogP contribution is 2.67. The maximum Gasteiger partial charge on any atom is 0.338 e. The second-order valence-electron chi connectivity index (χ2n) is 14.6. The van der Waals surface area contributed by atoms with E-state index in [9.17, 15) is 9.59 Å². The van der Waals surface area contributed by atoms with Crippen LogP contribution in [0.3, 0.4) is 0 Å². The molecule has 4 heteroatoms. The first-order valence-corrected chi connectivity index (χ1v) is 16.2. The first kappa shape index (κ1) is 29.4. The van der Waals surface area contributed by atoms with Gasteiger partial charge >= 0.3 is 11.9 Å². The lowest BCUT2D eigenvalue weighted by molar-refractivity contribution is -0.149. The van der Waals surface area contributed by atoms with Crippen molar-refractivity contribution in [3.8, 4) is 0 Å². The number of hydrogen-bond acceptors (Lipinski definition) is 4. The summed E-state index contributed by atoms with van der Waals surface area (Å²) in [5.74, 6) is 3.23. The fraction of sp³-hybridized carbons (Fsp3) is 0.722. The van der Waals surface area contributed by atoms with Gasteiger partial charge in [0.05, 0.1) is 5.56 Å². The predicted molar refractivity (Wildman–Crippen MR) is 160 cm³/mol. The summed E-state index contributed by atoms with van der Waals surface area (Å²) >= 11 is 0. The molecule has 0 aromatic heterocycles. The fourth-order valence-electron chi connectivity index (χ4n) is 9.83. The molecule has 0 bridgehead atoms. The van der Waals surface area contributed by atoms with Gasteiger partial charge in [-0.25, -0.2) is 4.79 Å². The first-order valence-electron chi connectivity index (χ1n) is 16.2. The van der Waals surface area contributed by atoms with Crippen molar-refractivity contribution in [3.63, 3.8) is 0 Å². The number of carbonyl (C=O) groups is 2. The van der Waals surface area contributed by atoms with Gasteiger partial charge in [-0.05, 0) is 97.2 Å². The molecule has 0 heterocycles. The van der Waals surface area contributed by atoms with Crippen LogP contribution in [-0.2, 0) is 14.3 Å². The highest BCUT2D eigenvalue weighted by atomic mass is 16.5. The van der Waals surface area contributed by atoms with Gasteiger partial charge in [0, 0.05) is 19.3 Å². The number of rotatable bonds is 8. The smallest absolute Gasteiger partial charge is 0.338 e. The third-order valence-corrected chi connectivity index (χ3v) is 11.8. The van der Waals surface area contributed by atoms with E-state index in [1.807, 2.05) is 30.3 Å². The maximum absolute atomic E-state index is 13.4. The maximum atomic E-state index is 13.4. The normalized spacial score (nSPS) is 37.5. The van der Waals surface area contributed by atoms with Crippen LogP contribution in [0.5, 0.6) is 0 Å². The van der Waals surface area contributed by atoms with Crippen LogP contribution < -0.4 is 0 Å². The number of esters is 2. The van der Waals surface area contributed by atoms with E-state index in [0.717, 1.165) is 37.0 Å². The van der Waals surface area contributed by atoms with Crippen molar-refractivity contribution in [1.82, 2.24) is 0 Å². The Morgan fingerprint density at radius 2 is 1.68 bits per heavy atom. The zero-order valence-electron chi connectivity index (χ0n) is 25.8. The molecule has 9 atom stereocenters. The molecule has 4 aliphatic carbocycles. The van der Waals surface area contributed by atoms with Gasteiger partial charge in [0.1, 0.15) is 12.2 Å². The fourth-order valence-corrected chi connectivity index (χ4v) is 9.83. The molecule has 1 aromatic rings. The third kappa shape index (κ3) is 5.53. The van der Waals surface area contributed by atoms with Gasteiger partial charge in [-0.2, -0.15) is 0 Å². The minimum atomic E-state index is -0.225. The summed E-state index contributed by atoms with van der Waals surface area (Å²) in [6, 6.07) is 9.45. The van der Waals surface area contributed by atoms with Crippen molar-refractivity contribution >= 4 is 11.9 Å². The number of carbonyl (C=O) groups excluding carboxylic acids is 2. The zero-order valence-corrected chi connectivity index (χ0v) is 25.8. The van der Waals surface area contributed by atoms with Gasteiger partial charge in [-0.15, -0.1) is 0 Å². The SMILES string of the molecule is CC(=O)O[C@H]1CC[C@@]2(C)C(=C[C@@H](OC(=O)c3ccccc3)[C@H]3[C@@H]4CC[C@H]([C@H](C)CCCC(C)C)[C@@]4(C)CC[C@@H]32)C1. The Balaban J connectivity index is 1.45. The first-order chi connectivity index (χ1) is 19.0. The lowest BCUT2D eigenvalue weighted by atomic mass is 9.46. The lowest BCUT2D eigenvalue weighted by Gasteiger charge is -2.59. The number of benzene rings is 1. The van der Waals surface area contributed by atoms with Crippen LogP contribution >= 0.6 is 0 Å².